The highest BCUT2D eigenvalue weighted by Gasteiger charge is 2.43. The summed E-state index contributed by atoms with van der Waals surface area (Å²) in [6.07, 6.45) is 2.01. The Morgan fingerprint density at radius 3 is 2.72 bits per heavy atom. The molecule has 1 fully saturated rings. The highest BCUT2D eigenvalue weighted by Crippen LogP contribution is 2.42. The minimum absolute atomic E-state index is 0.231. The molecule has 1 aromatic heterocycles. The second-order valence-electron chi connectivity index (χ2n) is 4.92. The molecule has 1 aromatic carbocycles. The number of aromatic nitrogens is 2. The van der Waals surface area contributed by atoms with Crippen LogP contribution in [0.15, 0.2) is 24.3 Å². The van der Waals surface area contributed by atoms with Crippen LogP contribution in [0.2, 0.25) is 0 Å². The first-order chi connectivity index (χ1) is 8.64. The SMILES string of the molecule is COc1ccccc1-c1nc(C2(N)CC2)[nH]c1C. The van der Waals surface area contributed by atoms with Crippen molar-refractivity contribution in [2.24, 2.45) is 5.73 Å². The lowest BCUT2D eigenvalue weighted by Gasteiger charge is -2.06. The van der Waals surface area contributed by atoms with Gasteiger partial charge in [-0.2, -0.15) is 0 Å². The molecule has 3 N–H and O–H groups in total. The molecule has 0 unspecified atom stereocenters. The fraction of sp³-hybridized carbons (Fsp3) is 0.357. The van der Waals surface area contributed by atoms with Gasteiger partial charge in [0.1, 0.15) is 11.6 Å². The standard InChI is InChI=1S/C14H17N3O/c1-9-12(10-5-3-4-6-11(10)18-2)17-13(16-9)14(15)7-8-14/h3-6H,7-8,15H2,1-2H3,(H,16,17). The number of imidazole rings is 1. The molecule has 94 valence electrons. The number of nitrogens with zero attached hydrogens (tertiary/aromatic N) is 1. The molecule has 0 atom stereocenters. The third-order valence-electron chi connectivity index (χ3n) is 3.51. The summed E-state index contributed by atoms with van der Waals surface area (Å²) in [5, 5.41) is 0. The van der Waals surface area contributed by atoms with E-state index < -0.39 is 0 Å². The van der Waals surface area contributed by atoms with E-state index in [0.29, 0.717) is 0 Å². The molecule has 0 amide bonds. The first-order valence-corrected chi connectivity index (χ1v) is 6.13. The van der Waals surface area contributed by atoms with Crippen LogP contribution in [0.25, 0.3) is 11.3 Å². The quantitative estimate of drug-likeness (QED) is 0.869. The van der Waals surface area contributed by atoms with Crippen molar-refractivity contribution < 1.29 is 4.74 Å². The number of ether oxygens (including phenoxy) is 1. The number of aryl methyl sites for hydroxylation is 1. The van der Waals surface area contributed by atoms with Crippen molar-refractivity contribution in [2.75, 3.05) is 7.11 Å². The Balaban J connectivity index is 2.09. The van der Waals surface area contributed by atoms with E-state index in [1.807, 2.05) is 31.2 Å². The second kappa shape index (κ2) is 3.85. The number of hydrogen-bond donors (Lipinski definition) is 2. The van der Waals surface area contributed by atoms with Crippen LogP contribution in [0.5, 0.6) is 5.75 Å². The number of nitrogens with one attached hydrogen (secondary N) is 1. The third-order valence-corrected chi connectivity index (χ3v) is 3.51. The number of rotatable bonds is 3. The lowest BCUT2D eigenvalue weighted by molar-refractivity contribution is 0.416. The van der Waals surface area contributed by atoms with Gasteiger partial charge in [0.25, 0.3) is 0 Å². The lowest BCUT2D eigenvalue weighted by Crippen LogP contribution is -2.20. The summed E-state index contributed by atoms with van der Waals surface area (Å²) < 4.78 is 5.38. The van der Waals surface area contributed by atoms with Crippen molar-refractivity contribution in [1.29, 1.82) is 0 Å². The van der Waals surface area contributed by atoms with E-state index in [4.69, 9.17) is 10.5 Å². The van der Waals surface area contributed by atoms with E-state index in [0.717, 1.165) is 41.4 Å². The van der Waals surface area contributed by atoms with Crippen molar-refractivity contribution >= 4 is 0 Å². The van der Waals surface area contributed by atoms with Crippen LogP contribution in [0.4, 0.5) is 0 Å². The molecule has 1 saturated carbocycles. The highest BCUT2D eigenvalue weighted by molar-refractivity contribution is 5.69. The van der Waals surface area contributed by atoms with Crippen molar-refractivity contribution in [3.8, 4) is 17.0 Å². The van der Waals surface area contributed by atoms with Gasteiger partial charge in [0, 0.05) is 11.3 Å². The van der Waals surface area contributed by atoms with Gasteiger partial charge in [0.05, 0.1) is 18.3 Å². The molecule has 2 aromatic rings. The van der Waals surface area contributed by atoms with Crippen LogP contribution in [0, 0.1) is 6.92 Å². The molecule has 0 aliphatic heterocycles. The van der Waals surface area contributed by atoms with Crippen molar-refractivity contribution in [1.82, 2.24) is 9.97 Å². The summed E-state index contributed by atoms with van der Waals surface area (Å²) in [6, 6.07) is 7.90. The van der Waals surface area contributed by atoms with E-state index in [-0.39, 0.29) is 5.54 Å². The molecule has 0 bridgehead atoms. The number of para-hydroxylation sites is 1. The summed E-state index contributed by atoms with van der Waals surface area (Å²) in [7, 11) is 1.67. The van der Waals surface area contributed by atoms with Gasteiger partial charge in [0.15, 0.2) is 0 Å². The van der Waals surface area contributed by atoms with Gasteiger partial charge in [-0.1, -0.05) is 12.1 Å². The van der Waals surface area contributed by atoms with Crippen LogP contribution in [-0.2, 0) is 5.54 Å². The Morgan fingerprint density at radius 1 is 1.33 bits per heavy atom. The zero-order valence-electron chi connectivity index (χ0n) is 10.7. The van der Waals surface area contributed by atoms with E-state index in [1.54, 1.807) is 7.11 Å². The van der Waals surface area contributed by atoms with Gasteiger partial charge in [0.2, 0.25) is 0 Å². The maximum Gasteiger partial charge on any atom is 0.128 e. The minimum Gasteiger partial charge on any atom is -0.496 e. The van der Waals surface area contributed by atoms with Crippen LogP contribution in [0.1, 0.15) is 24.4 Å². The largest absolute Gasteiger partial charge is 0.496 e. The van der Waals surface area contributed by atoms with Gasteiger partial charge in [-0.05, 0) is 31.9 Å². The molecule has 1 aliphatic carbocycles. The average molecular weight is 243 g/mol. The molecule has 3 rings (SSSR count). The van der Waals surface area contributed by atoms with Crippen molar-refractivity contribution in [3.05, 3.63) is 35.8 Å². The number of hydrogen-bond acceptors (Lipinski definition) is 3. The fourth-order valence-corrected chi connectivity index (χ4v) is 2.17. The Hall–Kier alpha value is -1.81. The first-order valence-electron chi connectivity index (χ1n) is 6.13. The number of aromatic amines is 1. The molecule has 0 saturated heterocycles. The van der Waals surface area contributed by atoms with Crippen LogP contribution < -0.4 is 10.5 Å². The molecule has 18 heavy (non-hydrogen) atoms. The minimum atomic E-state index is -0.231. The maximum absolute atomic E-state index is 6.17. The monoisotopic (exact) mass is 243 g/mol. The molecule has 0 radical (unpaired) electrons. The number of H-pyrrole nitrogens is 1. The Bertz CT molecular complexity index is 584. The molecule has 1 aliphatic rings. The maximum atomic E-state index is 6.17. The average Bonchev–Trinajstić information content (AvgIpc) is 3.01. The van der Waals surface area contributed by atoms with Gasteiger partial charge in [-0.3, -0.25) is 0 Å². The van der Waals surface area contributed by atoms with E-state index in [1.165, 1.54) is 0 Å². The van der Waals surface area contributed by atoms with Crippen LogP contribution in [-0.4, -0.2) is 17.1 Å². The van der Waals surface area contributed by atoms with Crippen molar-refractivity contribution in [3.63, 3.8) is 0 Å². The summed E-state index contributed by atoms with van der Waals surface area (Å²) in [6.45, 7) is 2.02. The molecular weight excluding hydrogens is 226 g/mol. The van der Waals surface area contributed by atoms with Crippen LogP contribution in [0.3, 0.4) is 0 Å². The second-order valence-corrected chi connectivity index (χ2v) is 4.92. The molecule has 4 heteroatoms. The number of benzene rings is 1. The lowest BCUT2D eigenvalue weighted by atomic mass is 10.1. The summed E-state index contributed by atoms with van der Waals surface area (Å²) >= 11 is 0. The normalized spacial score (nSPS) is 16.6. The summed E-state index contributed by atoms with van der Waals surface area (Å²) in [5.74, 6) is 1.72. The molecule has 4 nitrogen and oxygen atoms in total. The third kappa shape index (κ3) is 1.69. The fourth-order valence-electron chi connectivity index (χ4n) is 2.17. The zero-order valence-corrected chi connectivity index (χ0v) is 10.7. The van der Waals surface area contributed by atoms with Gasteiger partial charge in [-0.25, -0.2) is 4.98 Å². The zero-order chi connectivity index (χ0) is 12.8. The predicted octanol–water partition coefficient (Wildman–Crippen LogP) is 2.34. The van der Waals surface area contributed by atoms with Gasteiger partial charge < -0.3 is 15.5 Å². The Kier molecular flexibility index (Phi) is 2.41. The summed E-state index contributed by atoms with van der Waals surface area (Å²) in [4.78, 5) is 7.97. The molecule has 1 heterocycles. The van der Waals surface area contributed by atoms with E-state index in [9.17, 15) is 0 Å². The first kappa shape index (κ1) is 11.3. The topological polar surface area (TPSA) is 63.9 Å². The van der Waals surface area contributed by atoms with Gasteiger partial charge in [-0.15, -0.1) is 0 Å². The molecule has 0 spiro atoms. The molecular formula is C14H17N3O. The highest BCUT2D eigenvalue weighted by atomic mass is 16.5. The van der Waals surface area contributed by atoms with E-state index >= 15 is 0 Å². The predicted molar refractivity (Wildman–Crippen MR) is 70.4 cm³/mol. The summed E-state index contributed by atoms with van der Waals surface area (Å²) in [5.41, 5.74) is 8.91. The Morgan fingerprint density at radius 2 is 2.06 bits per heavy atom. The van der Waals surface area contributed by atoms with Gasteiger partial charge >= 0.3 is 0 Å². The smallest absolute Gasteiger partial charge is 0.128 e. The number of nitrogens with two attached hydrogens (primary N) is 1. The van der Waals surface area contributed by atoms with Crippen molar-refractivity contribution in [2.45, 2.75) is 25.3 Å². The van der Waals surface area contributed by atoms with E-state index in [2.05, 4.69) is 9.97 Å². The number of methoxy groups -OCH3 is 1. The van der Waals surface area contributed by atoms with Crippen LogP contribution >= 0.6 is 0 Å². The Labute approximate surface area is 106 Å².